The van der Waals surface area contributed by atoms with Crippen LogP contribution in [-0.4, -0.2) is 23.5 Å². The summed E-state index contributed by atoms with van der Waals surface area (Å²) in [5, 5.41) is 11.3. The third-order valence-electron chi connectivity index (χ3n) is 3.60. The van der Waals surface area contributed by atoms with E-state index in [1.165, 1.54) is 4.90 Å². The van der Waals surface area contributed by atoms with Crippen LogP contribution in [0.2, 0.25) is 5.02 Å². The molecule has 0 aliphatic carbocycles. The van der Waals surface area contributed by atoms with Crippen LogP contribution in [0, 0.1) is 5.92 Å². The van der Waals surface area contributed by atoms with Crippen molar-refractivity contribution in [2.75, 3.05) is 11.4 Å². The lowest BCUT2D eigenvalue weighted by Gasteiger charge is -2.19. The molecular formula is C15H12ClNO3. The van der Waals surface area contributed by atoms with E-state index in [0.29, 0.717) is 10.7 Å². The molecule has 0 spiro atoms. The zero-order chi connectivity index (χ0) is 14.3. The summed E-state index contributed by atoms with van der Waals surface area (Å²) in [6.45, 7) is 0.193. The summed E-state index contributed by atoms with van der Waals surface area (Å²) in [6.07, 6.45) is 0.0379. The second kappa shape index (κ2) is 4.80. The standard InChI is InChI=1S/C15H12ClNO3/c16-11-5-1-3-9-4-2-6-12(14(9)11)17-8-10(15(19)20)7-13(17)18/h1-6,10H,7-8H2,(H,19,20). The van der Waals surface area contributed by atoms with Gasteiger partial charge in [-0.05, 0) is 17.5 Å². The number of anilines is 1. The molecule has 1 fully saturated rings. The molecule has 1 heterocycles. The molecule has 1 N–H and O–H groups in total. The molecule has 0 saturated carbocycles. The molecule has 1 saturated heterocycles. The summed E-state index contributed by atoms with van der Waals surface area (Å²) in [5.74, 6) is -1.77. The predicted molar refractivity (Wildman–Crippen MR) is 77.1 cm³/mol. The van der Waals surface area contributed by atoms with E-state index in [0.717, 1.165) is 10.8 Å². The van der Waals surface area contributed by atoms with Gasteiger partial charge in [-0.25, -0.2) is 0 Å². The number of halogens is 1. The quantitative estimate of drug-likeness (QED) is 0.925. The molecule has 0 radical (unpaired) electrons. The third-order valence-corrected chi connectivity index (χ3v) is 3.91. The maximum atomic E-state index is 12.1. The minimum Gasteiger partial charge on any atom is -0.481 e. The topological polar surface area (TPSA) is 57.6 Å². The van der Waals surface area contributed by atoms with E-state index in [2.05, 4.69) is 0 Å². The number of carboxylic acids is 1. The van der Waals surface area contributed by atoms with Gasteiger partial charge in [0.15, 0.2) is 0 Å². The summed E-state index contributed by atoms with van der Waals surface area (Å²) in [4.78, 5) is 24.6. The first kappa shape index (κ1) is 12.9. The first-order valence-corrected chi connectivity index (χ1v) is 6.66. The Hall–Kier alpha value is -2.07. The van der Waals surface area contributed by atoms with Gasteiger partial charge < -0.3 is 10.0 Å². The van der Waals surface area contributed by atoms with Crippen molar-refractivity contribution in [1.82, 2.24) is 0 Å². The Kier molecular flexibility index (Phi) is 3.10. The molecule has 3 rings (SSSR count). The largest absolute Gasteiger partial charge is 0.481 e. The molecule has 1 aliphatic heterocycles. The van der Waals surface area contributed by atoms with Gasteiger partial charge in [0.05, 0.1) is 16.6 Å². The van der Waals surface area contributed by atoms with Crippen molar-refractivity contribution in [1.29, 1.82) is 0 Å². The van der Waals surface area contributed by atoms with Gasteiger partial charge in [-0.2, -0.15) is 0 Å². The van der Waals surface area contributed by atoms with Crippen molar-refractivity contribution in [2.45, 2.75) is 6.42 Å². The number of carbonyl (C=O) groups excluding carboxylic acids is 1. The van der Waals surface area contributed by atoms with Crippen molar-refractivity contribution >= 4 is 39.9 Å². The maximum Gasteiger partial charge on any atom is 0.308 e. The lowest BCUT2D eigenvalue weighted by Crippen LogP contribution is -2.26. The predicted octanol–water partition coefficient (Wildman–Crippen LogP) is 2.93. The van der Waals surface area contributed by atoms with E-state index in [9.17, 15) is 9.59 Å². The van der Waals surface area contributed by atoms with Crippen LogP contribution in [0.3, 0.4) is 0 Å². The molecule has 2 aromatic rings. The number of fused-ring (bicyclic) bond motifs is 1. The van der Waals surface area contributed by atoms with Crippen LogP contribution >= 0.6 is 11.6 Å². The van der Waals surface area contributed by atoms with Crippen molar-refractivity contribution in [3.63, 3.8) is 0 Å². The average molecular weight is 290 g/mol. The fourth-order valence-corrected chi connectivity index (χ4v) is 2.89. The molecule has 0 bridgehead atoms. The van der Waals surface area contributed by atoms with Crippen molar-refractivity contribution in [3.05, 3.63) is 41.4 Å². The number of amides is 1. The van der Waals surface area contributed by atoms with Gasteiger partial charge in [-0.3, -0.25) is 9.59 Å². The second-order valence-corrected chi connectivity index (χ2v) is 5.27. The first-order valence-electron chi connectivity index (χ1n) is 6.28. The molecule has 1 unspecified atom stereocenters. The number of carbonyl (C=O) groups is 2. The highest BCUT2D eigenvalue weighted by Gasteiger charge is 2.35. The Bertz CT molecular complexity index is 708. The molecule has 5 heteroatoms. The van der Waals surface area contributed by atoms with E-state index in [1.807, 2.05) is 24.3 Å². The first-order chi connectivity index (χ1) is 9.58. The number of nitrogens with zero attached hydrogens (tertiary/aromatic N) is 1. The van der Waals surface area contributed by atoms with Crippen LogP contribution in [0.1, 0.15) is 6.42 Å². The van der Waals surface area contributed by atoms with Crippen molar-refractivity contribution in [2.24, 2.45) is 5.92 Å². The van der Waals surface area contributed by atoms with Gasteiger partial charge in [0.1, 0.15) is 0 Å². The van der Waals surface area contributed by atoms with Gasteiger partial charge in [0.25, 0.3) is 0 Å². The third kappa shape index (κ3) is 2.02. The van der Waals surface area contributed by atoms with Crippen LogP contribution in [0.4, 0.5) is 5.69 Å². The zero-order valence-corrected chi connectivity index (χ0v) is 11.3. The summed E-state index contributed by atoms with van der Waals surface area (Å²) in [5.41, 5.74) is 0.682. The van der Waals surface area contributed by atoms with Gasteiger partial charge in [0.2, 0.25) is 5.91 Å². The maximum absolute atomic E-state index is 12.1. The zero-order valence-electron chi connectivity index (χ0n) is 10.5. The molecule has 102 valence electrons. The smallest absolute Gasteiger partial charge is 0.308 e. The lowest BCUT2D eigenvalue weighted by atomic mass is 10.1. The number of rotatable bonds is 2. The normalized spacial score (nSPS) is 18.8. The summed E-state index contributed by atoms with van der Waals surface area (Å²) in [7, 11) is 0. The second-order valence-electron chi connectivity index (χ2n) is 4.86. The molecule has 4 nitrogen and oxygen atoms in total. The highest BCUT2D eigenvalue weighted by molar-refractivity contribution is 6.37. The highest BCUT2D eigenvalue weighted by Crippen LogP contribution is 2.35. The molecule has 2 aromatic carbocycles. The van der Waals surface area contributed by atoms with Gasteiger partial charge >= 0.3 is 5.97 Å². The SMILES string of the molecule is O=C(O)C1CC(=O)N(c2cccc3cccc(Cl)c23)C1. The molecular weight excluding hydrogens is 278 g/mol. The van der Waals surface area contributed by atoms with Gasteiger partial charge in [0, 0.05) is 18.4 Å². The van der Waals surface area contributed by atoms with Crippen molar-refractivity contribution in [3.8, 4) is 0 Å². The minimum atomic E-state index is -0.938. The Labute approximate surface area is 120 Å². The summed E-state index contributed by atoms with van der Waals surface area (Å²) >= 11 is 6.23. The summed E-state index contributed by atoms with van der Waals surface area (Å²) < 4.78 is 0. The van der Waals surface area contributed by atoms with Crippen LogP contribution in [0.15, 0.2) is 36.4 Å². The number of hydrogen-bond donors (Lipinski definition) is 1. The van der Waals surface area contributed by atoms with E-state index in [4.69, 9.17) is 16.7 Å². The molecule has 1 aliphatic rings. The Morgan fingerprint density at radius 2 is 1.95 bits per heavy atom. The van der Waals surface area contributed by atoms with Crippen LogP contribution in [0.5, 0.6) is 0 Å². The van der Waals surface area contributed by atoms with E-state index in [-0.39, 0.29) is 18.9 Å². The average Bonchev–Trinajstić information content (AvgIpc) is 2.81. The molecule has 1 amide bonds. The van der Waals surface area contributed by atoms with E-state index >= 15 is 0 Å². The Morgan fingerprint density at radius 3 is 2.60 bits per heavy atom. The Morgan fingerprint density at radius 1 is 1.25 bits per heavy atom. The summed E-state index contributed by atoms with van der Waals surface area (Å²) in [6, 6.07) is 11.1. The molecule has 20 heavy (non-hydrogen) atoms. The van der Waals surface area contributed by atoms with E-state index in [1.54, 1.807) is 12.1 Å². The molecule has 1 atom stereocenters. The monoisotopic (exact) mass is 289 g/mol. The van der Waals surface area contributed by atoms with Crippen molar-refractivity contribution < 1.29 is 14.7 Å². The Balaban J connectivity index is 2.11. The minimum absolute atomic E-state index is 0.0379. The fourth-order valence-electron chi connectivity index (χ4n) is 2.61. The highest BCUT2D eigenvalue weighted by atomic mass is 35.5. The molecule has 0 aromatic heterocycles. The fraction of sp³-hybridized carbons (Fsp3) is 0.200. The number of aliphatic carboxylic acids is 1. The van der Waals surface area contributed by atoms with Crippen LogP contribution < -0.4 is 4.90 Å². The van der Waals surface area contributed by atoms with Gasteiger partial charge in [-0.15, -0.1) is 0 Å². The van der Waals surface area contributed by atoms with Crippen LogP contribution in [0.25, 0.3) is 10.8 Å². The van der Waals surface area contributed by atoms with E-state index < -0.39 is 11.9 Å². The number of benzene rings is 2. The van der Waals surface area contributed by atoms with Gasteiger partial charge in [-0.1, -0.05) is 35.9 Å². The number of carboxylic acid groups (broad SMARTS) is 1. The number of hydrogen-bond acceptors (Lipinski definition) is 2. The van der Waals surface area contributed by atoms with Crippen LogP contribution in [-0.2, 0) is 9.59 Å². The lowest BCUT2D eigenvalue weighted by molar-refractivity contribution is -0.141.